The standard InChI is InChI=1S/C22H32N2O3S/c1-14(2)19-13-18(20(28-19)22(26)27)24(17-9-11-23(4)12-10-17)21(25)16-7-5-15(3)6-8-16/h13,15-17H,1,5-12H2,2-4H3,(H,26,27). The number of amides is 1. The summed E-state index contributed by atoms with van der Waals surface area (Å²) in [4.78, 5) is 30.8. The molecule has 2 aliphatic rings. The number of aromatic carboxylic acids is 1. The van der Waals surface area contributed by atoms with Crippen molar-refractivity contribution in [3.8, 4) is 0 Å². The Bertz CT molecular complexity index is 741. The maximum atomic E-state index is 13.6. The van der Waals surface area contributed by atoms with Crippen LogP contribution in [0.15, 0.2) is 12.6 Å². The van der Waals surface area contributed by atoms with Crippen molar-refractivity contribution in [2.75, 3.05) is 25.0 Å². The molecule has 1 amide bonds. The van der Waals surface area contributed by atoms with Crippen LogP contribution >= 0.6 is 11.3 Å². The Morgan fingerprint density at radius 1 is 1.18 bits per heavy atom. The van der Waals surface area contributed by atoms with Gasteiger partial charge in [-0.2, -0.15) is 0 Å². The topological polar surface area (TPSA) is 60.9 Å². The van der Waals surface area contributed by atoms with Gasteiger partial charge >= 0.3 is 5.97 Å². The summed E-state index contributed by atoms with van der Waals surface area (Å²) in [6.45, 7) is 9.95. The molecule has 0 atom stereocenters. The monoisotopic (exact) mass is 404 g/mol. The number of piperidine rings is 1. The molecular formula is C22H32N2O3S. The predicted octanol–water partition coefficient (Wildman–Crippen LogP) is 4.73. The summed E-state index contributed by atoms with van der Waals surface area (Å²) < 4.78 is 0. The Kier molecular flexibility index (Phi) is 6.61. The molecule has 1 saturated heterocycles. The molecule has 1 saturated carbocycles. The molecule has 1 aliphatic heterocycles. The fraction of sp³-hybridized carbons (Fsp3) is 0.636. The van der Waals surface area contributed by atoms with Gasteiger partial charge in [0.15, 0.2) is 0 Å². The first-order valence-corrected chi connectivity index (χ1v) is 11.1. The Morgan fingerprint density at radius 3 is 2.32 bits per heavy atom. The number of allylic oxidation sites excluding steroid dienone is 1. The van der Waals surface area contributed by atoms with E-state index in [1.165, 1.54) is 11.3 Å². The van der Waals surface area contributed by atoms with E-state index in [4.69, 9.17) is 0 Å². The van der Waals surface area contributed by atoms with Crippen LogP contribution in [-0.2, 0) is 4.79 Å². The Morgan fingerprint density at radius 2 is 1.79 bits per heavy atom. The third-order valence-electron chi connectivity index (χ3n) is 6.24. The van der Waals surface area contributed by atoms with Gasteiger partial charge in [0.25, 0.3) is 0 Å². The predicted molar refractivity (Wildman–Crippen MR) is 115 cm³/mol. The molecule has 154 valence electrons. The zero-order valence-electron chi connectivity index (χ0n) is 17.2. The molecule has 0 unspecified atom stereocenters. The molecule has 0 aromatic carbocycles. The number of hydrogen-bond donors (Lipinski definition) is 1. The lowest BCUT2D eigenvalue weighted by atomic mass is 9.82. The minimum atomic E-state index is -0.963. The quantitative estimate of drug-likeness (QED) is 0.770. The van der Waals surface area contributed by atoms with Crippen LogP contribution in [0.3, 0.4) is 0 Å². The molecule has 1 N–H and O–H groups in total. The third kappa shape index (κ3) is 4.49. The van der Waals surface area contributed by atoms with E-state index in [1.54, 1.807) is 0 Å². The fourth-order valence-electron chi connectivity index (χ4n) is 4.38. The molecule has 0 radical (unpaired) electrons. The molecule has 0 bridgehead atoms. The van der Waals surface area contributed by atoms with Gasteiger partial charge in [-0.3, -0.25) is 4.79 Å². The molecule has 5 nitrogen and oxygen atoms in total. The molecule has 3 rings (SSSR count). The number of carboxylic acid groups (broad SMARTS) is 1. The highest BCUT2D eigenvalue weighted by atomic mass is 32.1. The van der Waals surface area contributed by atoms with E-state index in [0.717, 1.165) is 62.1 Å². The Labute approximate surface area is 172 Å². The molecule has 0 spiro atoms. The second kappa shape index (κ2) is 8.78. The van der Waals surface area contributed by atoms with Crippen LogP contribution in [0, 0.1) is 11.8 Å². The molecule has 1 aliphatic carbocycles. The lowest BCUT2D eigenvalue weighted by Crippen LogP contribution is -2.49. The highest BCUT2D eigenvalue weighted by Gasteiger charge is 2.36. The first kappa shape index (κ1) is 21.1. The summed E-state index contributed by atoms with van der Waals surface area (Å²) in [7, 11) is 2.09. The normalized spacial score (nSPS) is 24.1. The largest absolute Gasteiger partial charge is 0.477 e. The molecule has 28 heavy (non-hydrogen) atoms. The van der Waals surface area contributed by atoms with Gasteiger partial charge in [-0.25, -0.2) is 4.79 Å². The van der Waals surface area contributed by atoms with Crippen molar-refractivity contribution in [2.24, 2.45) is 11.8 Å². The molecular weight excluding hydrogens is 372 g/mol. The van der Waals surface area contributed by atoms with Crippen LogP contribution in [0.1, 0.15) is 66.9 Å². The van der Waals surface area contributed by atoms with Crippen molar-refractivity contribution in [3.05, 3.63) is 22.4 Å². The SMILES string of the molecule is C=C(C)c1cc(N(C(=O)C2CCC(C)CC2)C2CCN(C)CC2)c(C(=O)O)s1. The average molecular weight is 405 g/mol. The number of thiophene rings is 1. The maximum absolute atomic E-state index is 13.6. The van der Waals surface area contributed by atoms with Gasteiger partial charge in [-0.05, 0) is 83.1 Å². The Balaban J connectivity index is 1.98. The zero-order valence-corrected chi connectivity index (χ0v) is 18.1. The summed E-state index contributed by atoms with van der Waals surface area (Å²) in [5.41, 5.74) is 1.41. The zero-order chi connectivity index (χ0) is 20.4. The number of carboxylic acids is 1. The van der Waals surface area contributed by atoms with Gasteiger partial charge in [0, 0.05) is 16.8 Å². The first-order chi connectivity index (χ1) is 13.3. The number of anilines is 1. The third-order valence-corrected chi connectivity index (χ3v) is 7.52. The summed E-state index contributed by atoms with van der Waals surface area (Å²) >= 11 is 1.23. The van der Waals surface area contributed by atoms with Gasteiger partial charge in [-0.1, -0.05) is 13.5 Å². The van der Waals surface area contributed by atoms with Crippen molar-refractivity contribution < 1.29 is 14.7 Å². The average Bonchev–Trinajstić information content (AvgIpc) is 3.09. The fourth-order valence-corrected chi connectivity index (χ4v) is 5.29. The Hall–Kier alpha value is -1.66. The first-order valence-electron chi connectivity index (χ1n) is 10.3. The van der Waals surface area contributed by atoms with Crippen LogP contribution in [0.25, 0.3) is 5.57 Å². The van der Waals surface area contributed by atoms with Gasteiger partial charge in [0.05, 0.1) is 5.69 Å². The minimum Gasteiger partial charge on any atom is -0.477 e. The number of hydrogen-bond acceptors (Lipinski definition) is 4. The van der Waals surface area contributed by atoms with Gasteiger partial charge in [0.1, 0.15) is 4.88 Å². The van der Waals surface area contributed by atoms with Gasteiger partial charge in [-0.15, -0.1) is 11.3 Å². The van der Waals surface area contributed by atoms with Crippen LogP contribution in [0.5, 0.6) is 0 Å². The number of nitrogens with zero attached hydrogens (tertiary/aromatic N) is 2. The van der Waals surface area contributed by atoms with Crippen LogP contribution in [-0.4, -0.2) is 48.1 Å². The van der Waals surface area contributed by atoms with Crippen molar-refractivity contribution in [1.82, 2.24) is 4.90 Å². The number of carbonyl (C=O) groups excluding carboxylic acids is 1. The number of likely N-dealkylation sites (tertiary alicyclic amines) is 1. The summed E-state index contributed by atoms with van der Waals surface area (Å²) in [5, 5.41) is 9.81. The summed E-state index contributed by atoms with van der Waals surface area (Å²) in [5.74, 6) is -0.164. The van der Waals surface area contributed by atoms with E-state index < -0.39 is 5.97 Å². The molecule has 1 aromatic rings. The van der Waals surface area contributed by atoms with E-state index in [-0.39, 0.29) is 22.7 Å². The van der Waals surface area contributed by atoms with Crippen molar-refractivity contribution in [2.45, 2.75) is 58.4 Å². The second-order valence-electron chi connectivity index (χ2n) is 8.61. The highest BCUT2D eigenvalue weighted by Crippen LogP contribution is 2.39. The van der Waals surface area contributed by atoms with Crippen LogP contribution in [0.2, 0.25) is 0 Å². The van der Waals surface area contributed by atoms with Crippen molar-refractivity contribution in [1.29, 1.82) is 0 Å². The molecule has 2 fully saturated rings. The lowest BCUT2D eigenvalue weighted by molar-refractivity contribution is -0.124. The maximum Gasteiger partial charge on any atom is 0.348 e. The molecule has 2 heterocycles. The van der Waals surface area contributed by atoms with Crippen molar-refractivity contribution in [3.63, 3.8) is 0 Å². The number of carbonyl (C=O) groups is 2. The molecule has 1 aromatic heterocycles. The summed E-state index contributed by atoms with van der Waals surface area (Å²) in [6, 6.07) is 1.94. The van der Waals surface area contributed by atoms with Crippen molar-refractivity contribution >= 4 is 34.5 Å². The van der Waals surface area contributed by atoms with Crippen LogP contribution in [0.4, 0.5) is 5.69 Å². The van der Waals surface area contributed by atoms with E-state index >= 15 is 0 Å². The van der Waals surface area contributed by atoms with E-state index in [0.29, 0.717) is 11.6 Å². The van der Waals surface area contributed by atoms with E-state index in [9.17, 15) is 14.7 Å². The second-order valence-corrected chi connectivity index (χ2v) is 9.66. The highest BCUT2D eigenvalue weighted by molar-refractivity contribution is 7.15. The van der Waals surface area contributed by atoms with E-state index in [1.807, 2.05) is 17.9 Å². The smallest absolute Gasteiger partial charge is 0.348 e. The van der Waals surface area contributed by atoms with Crippen LogP contribution < -0.4 is 4.90 Å². The molecule has 6 heteroatoms. The van der Waals surface area contributed by atoms with Gasteiger partial charge in [0.2, 0.25) is 5.91 Å². The lowest BCUT2D eigenvalue weighted by Gasteiger charge is -2.39. The van der Waals surface area contributed by atoms with E-state index in [2.05, 4.69) is 25.5 Å². The summed E-state index contributed by atoms with van der Waals surface area (Å²) in [6.07, 6.45) is 5.71. The minimum absolute atomic E-state index is 0.00526. The van der Waals surface area contributed by atoms with Gasteiger partial charge < -0.3 is 14.9 Å². The number of rotatable bonds is 5.